The molecule has 1 heterocycles. The largest absolute Gasteiger partial charge is 0.493 e. The Kier molecular flexibility index (Phi) is 4.18. The lowest BCUT2D eigenvalue weighted by atomic mass is 10.1. The van der Waals surface area contributed by atoms with Gasteiger partial charge >= 0.3 is 0 Å². The van der Waals surface area contributed by atoms with Gasteiger partial charge in [-0.15, -0.1) is 0 Å². The summed E-state index contributed by atoms with van der Waals surface area (Å²) >= 11 is 0. The Morgan fingerprint density at radius 2 is 2.21 bits per heavy atom. The molecular weight excluding hydrogens is 240 g/mol. The molecule has 0 fully saturated rings. The van der Waals surface area contributed by atoms with E-state index in [0.717, 1.165) is 23.4 Å². The molecule has 2 rings (SSSR count). The Bertz CT molecular complexity index is 562. The molecule has 0 aliphatic carbocycles. The van der Waals surface area contributed by atoms with Crippen LogP contribution in [-0.4, -0.2) is 22.6 Å². The zero-order valence-electron chi connectivity index (χ0n) is 11.2. The third kappa shape index (κ3) is 3.34. The summed E-state index contributed by atoms with van der Waals surface area (Å²) in [6.45, 7) is 4.44. The highest BCUT2D eigenvalue weighted by Crippen LogP contribution is 2.29. The average molecular weight is 258 g/mol. The van der Waals surface area contributed by atoms with Crippen molar-refractivity contribution >= 4 is 11.7 Å². The van der Waals surface area contributed by atoms with E-state index in [1.54, 1.807) is 6.92 Å². The summed E-state index contributed by atoms with van der Waals surface area (Å²) in [7, 11) is 0. The first-order valence-corrected chi connectivity index (χ1v) is 6.30. The van der Waals surface area contributed by atoms with Crippen LogP contribution in [0.1, 0.15) is 20.3 Å². The van der Waals surface area contributed by atoms with Crippen molar-refractivity contribution in [2.24, 2.45) is 0 Å². The standard InChI is InChI=1S/C14H18N4O/c1-3-8-19-13-7-5-4-6-11(13)12-9-14(18-17-12)16-10(2)15/h4-7,9H,3,8H2,1-2H3,(H3,15,16,17,18). The minimum atomic E-state index is 0.366. The van der Waals surface area contributed by atoms with Crippen molar-refractivity contribution in [2.45, 2.75) is 20.3 Å². The second kappa shape index (κ2) is 6.04. The van der Waals surface area contributed by atoms with Crippen molar-refractivity contribution in [3.05, 3.63) is 30.3 Å². The quantitative estimate of drug-likeness (QED) is 0.569. The predicted molar refractivity (Wildman–Crippen MR) is 76.8 cm³/mol. The summed E-state index contributed by atoms with van der Waals surface area (Å²) in [5.41, 5.74) is 1.75. The van der Waals surface area contributed by atoms with E-state index in [0.29, 0.717) is 18.3 Å². The first-order chi connectivity index (χ1) is 9.20. The van der Waals surface area contributed by atoms with Crippen LogP contribution in [0.5, 0.6) is 5.75 Å². The highest BCUT2D eigenvalue weighted by atomic mass is 16.5. The number of nitrogens with zero attached hydrogens (tertiary/aromatic N) is 1. The number of hydrogen-bond donors (Lipinski definition) is 3. The highest BCUT2D eigenvalue weighted by Gasteiger charge is 2.09. The number of hydrogen-bond acceptors (Lipinski definition) is 3. The van der Waals surface area contributed by atoms with Crippen molar-refractivity contribution in [1.82, 2.24) is 10.2 Å². The molecule has 3 N–H and O–H groups in total. The second-order valence-electron chi connectivity index (χ2n) is 4.26. The molecule has 19 heavy (non-hydrogen) atoms. The summed E-state index contributed by atoms with van der Waals surface area (Å²) in [5.74, 6) is 1.90. The molecule has 0 saturated heterocycles. The minimum absolute atomic E-state index is 0.366. The van der Waals surface area contributed by atoms with Crippen LogP contribution in [0.15, 0.2) is 30.3 Å². The summed E-state index contributed by atoms with van der Waals surface area (Å²) in [6, 6.07) is 9.68. The van der Waals surface area contributed by atoms with Crippen LogP contribution in [0.25, 0.3) is 11.3 Å². The number of ether oxygens (including phenoxy) is 1. The predicted octanol–water partition coefficient (Wildman–Crippen LogP) is 3.27. The molecule has 0 radical (unpaired) electrons. The molecule has 1 aromatic carbocycles. The molecule has 1 aromatic heterocycles. The number of benzene rings is 1. The van der Waals surface area contributed by atoms with E-state index in [1.807, 2.05) is 30.3 Å². The van der Waals surface area contributed by atoms with Crippen molar-refractivity contribution in [2.75, 3.05) is 11.9 Å². The number of rotatable bonds is 5. The Morgan fingerprint density at radius 3 is 2.95 bits per heavy atom. The normalized spacial score (nSPS) is 10.2. The topological polar surface area (TPSA) is 73.8 Å². The van der Waals surface area contributed by atoms with E-state index >= 15 is 0 Å². The maximum Gasteiger partial charge on any atom is 0.128 e. The summed E-state index contributed by atoms with van der Waals surface area (Å²) in [6.07, 6.45) is 0.967. The van der Waals surface area contributed by atoms with Gasteiger partial charge in [0.1, 0.15) is 11.6 Å². The number of amidine groups is 1. The van der Waals surface area contributed by atoms with Crippen LogP contribution in [-0.2, 0) is 0 Å². The van der Waals surface area contributed by atoms with Crippen LogP contribution in [0.2, 0.25) is 0 Å². The number of H-pyrrole nitrogens is 1. The molecule has 100 valence electrons. The van der Waals surface area contributed by atoms with Crippen molar-refractivity contribution < 1.29 is 4.74 Å². The van der Waals surface area contributed by atoms with Crippen LogP contribution < -0.4 is 10.1 Å². The molecule has 0 bridgehead atoms. The Labute approximate surface area is 112 Å². The van der Waals surface area contributed by atoms with E-state index < -0.39 is 0 Å². The minimum Gasteiger partial charge on any atom is -0.493 e. The third-order valence-corrected chi connectivity index (χ3v) is 2.52. The monoisotopic (exact) mass is 258 g/mol. The molecular formula is C14H18N4O. The maximum absolute atomic E-state index is 7.40. The van der Waals surface area contributed by atoms with Gasteiger partial charge in [0.05, 0.1) is 18.1 Å². The fourth-order valence-electron chi connectivity index (χ4n) is 1.74. The van der Waals surface area contributed by atoms with Gasteiger partial charge in [0.25, 0.3) is 0 Å². The van der Waals surface area contributed by atoms with E-state index in [-0.39, 0.29) is 0 Å². The van der Waals surface area contributed by atoms with Gasteiger partial charge in [-0.05, 0) is 25.5 Å². The van der Waals surface area contributed by atoms with Gasteiger partial charge in [0.2, 0.25) is 0 Å². The molecule has 5 heteroatoms. The molecule has 2 aromatic rings. The summed E-state index contributed by atoms with van der Waals surface area (Å²) in [4.78, 5) is 0. The fourth-order valence-corrected chi connectivity index (χ4v) is 1.74. The number of anilines is 1. The van der Waals surface area contributed by atoms with Gasteiger partial charge in [-0.2, -0.15) is 5.10 Å². The lowest BCUT2D eigenvalue weighted by Gasteiger charge is -2.08. The van der Waals surface area contributed by atoms with Gasteiger partial charge in [0.15, 0.2) is 0 Å². The van der Waals surface area contributed by atoms with Crippen LogP contribution in [0, 0.1) is 5.41 Å². The summed E-state index contributed by atoms with van der Waals surface area (Å²) < 4.78 is 5.71. The highest BCUT2D eigenvalue weighted by molar-refractivity contribution is 5.90. The van der Waals surface area contributed by atoms with Crippen LogP contribution in [0.4, 0.5) is 5.82 Å². The molecule has 0 atom stereocenters. The van der Waals surface area contributed by atoms with Crippen molar-refractivity contribution in [3.63, 3.8) is 0 Å². The van der Waals surface area contributed by atoms with E-state index in [9.17, 15) is 0 Å². The maximum atomic E-state index is 7.40. The first kappa shape index (κ1) is 13.1. The fraction of sp³-hybridized carbons (Fsp3) is 0.286. The van der Waals surface area contributed by atoms with Gasteiger partial charge in [-0.1, -0.05) is 19.1 Å². The number of aromatic amines is 1. The van der Waals surface area contributed by atoms with E-state index in [2.05, 4.69) is 22.4 Å². The Morgan fingerprint density at radius 1 is 1.42 bits per heavy atom. The smallest absolute Gasteiger partial charge is 0.128 e. The lowest BCUT2D eigenvalue weighted by molar-refractivity contribution is 0.318. The Hall–Kier alpha value is -2.30. The number of para-hydroxylation sites is 1. The van der Waals surface area contributed by atoms with Gasteiger partial charge in [-0.25, -0.2) is 0 Å². The molecule has 0 spiro atoms. The third-order valence-electron chi connectivity index (χ3n) is 2.52. The molecule has 5 nitrogen and oxygen atoms in total. The van der Waals surface area contributed by atoms with Crippen LogP contribution >= 0.6 is 0 Å². The van der Waals surface area contributed by atoms with Crippen molar-refractivity contribution in [1.29, 1.82) is 5.41 Å². The van der Waals surface area contributed by atoms with Crippen molar-refractivity contribution in [3.8, 4) is 17.0 Å². The molecule has 0 unspecified atom stereocenters. The van der Waals surface area contributed by atoms with E-state index in [4.69, 9.17) is 10.1 Å². The zero-order valence-corrected chi connectivity index (χ0v) is 11.2. The van der Waals surface area contributed by atoms with Gasteiger partial charge < -0.3 is 10.1 Å². The number of nitrogens with one attached hydrogen (secondary N) is 3. The molecule has 0 saturated carbocycles. The number of aromatic nitrogens is 2. The van der Waals surface area contributed by atoms with Gasteiger partial charge in [-0.3, -0.25) is 10.5 Å². The first-order valence-electron chi connectivity index (χ1n) is 6.30. The van der Waals surface area contributed by atoms with E-state index in [1.165, 1.54) is 0 Å². The zero-order chi connectivity index (χ0) is 13.7. The Balaban J connectivity index is 2.25. The SMILES string of the molecule is CCCOc1ccccc1-c1cc(NC(C)=N)[nH]n1. The molecule has 0 aliphatic heterocycles. The van der Waals surface area contributed by atoms with Gasteiger partial charge in [0, 0.05) is 11.6 Å². The average Bonchev–Trinajstić information content (AvgIpc) is 2.84. The lowest BCUT2D eigenvalue weighted by Crippen LogP contribution is -2.04. The summed E-state index contributed by atoms with van der Waals surface area (Å²) in [5, 5.41) is 17.4. The molecule has 0 aliphatic rings. The second-order valence-corrected chi connectivity index (χ2v) is 4.26. The molecule has 0 amide bonds. The van der Waals surface area contributed by atoms with Crippen LogP contribution in [0.3, 0.4) is 0 Å².